The fourth-order valence-corrected chi connectivity index (χ4v) is 4.41. The monoisotopic (exact) mass is 397 g/mol. The molecule has 146 valence electrons. The second-order valence-electron chi connectivity index (χ2n) is 7.09. The molecule has 0 saturated heterocycles. The molecule has 1 aromatic carbocycles. The molecule has 0 aliphatic heterocycles. The highest BCUT2D eigenvalue weighted by molar-refractivity contribution is 7.99. The molecule has 2 aromatic heterocycles. The highest BCUT2D eigenvalue weighted by Crippen LogP contribution is 2.23. The number of rotatable bonds is 5. The Labute approximate surface area is 167 Å². The van der Waals surface area contributed by atoms with E-state index in [1.54, 1.807) is 4.68 Å². The number of thioether (sulfide) groups is 1. The van der Waals surface area contributed by atoms with Crippen molar-refractivity contribution < 1.29 is 4.79 Å². The van der Waals surface area contributed by atoms with E-state index >= 15 is 0 Å². The number of hydrogen-bond donors (Lipinski definition) is 1. The molecule has 0 atom stereocenters. The summed E-state index contributed by atoms with van der Waals surface area (Å²) in [6.45, 7) is 0. The molecule has 1 N–H and O–H groups in total. The number of para-hydroxylation sites is 1. The first kappa shape index (κ1) is 18.7. The van der Waals surface area contributed by atoms with Crippen LogP contribution < -0.4 is 5.56 Å². The molecule has 1 saturated carbocycles. The molecule has 4 rings (SSSR count). The maximum atomic E-state index is 12.6. The largest absolute Gasteiger partial charge is 0.342 e. The second kappa shape index (κ2) is 8.18. The Morgan fingerprint density at radius 2 is 2.00 bits per heavy atom. The molecule has 1 aliphatic rings. The van der Waals surface area contributed by atoms with Gasteiger partial charge in [-0.25, -0.2) is 9.67 Å². The van der Waals surface area contributed by atoms with Crippen molar-refractivity contribution in [3.05, 3.63) is 46.9 Å². The molecule has 28 heavy (non-hydrogen) atoms. The van der Waals surface area contributed by atoms with Gasteiger partial charge in [0.1, 0.15) is 5.39 Å². The fourth-order valence-electron chi connectivity index (χ4n) is 3.63. The van der Waals surface area contributed by atoms with Crippen LogP contribution in [-0.2, 0) is 4.79 Å². The smallest absolute Gasteiger partial charge is 0.262 e. The molecule has 0 spiro atoms. The summed E-state index contributed by atoms with van der Waals surface area (Å²) in [5.74, 6) is 0.317. The summed E-state index contributed by atoms with van der Waals surface area (Å²) >= 11 is 1.26. The summed E-state index contributed by atoms with van der Waals surface area (Å²) in [5, 5.41) is 5.16. The Bertz CT molecular complexity index is 1020. The van der Waals surface area contributed by atoms with Gasteiger partial charge in [0, 0.05) is 13.1 Å². The maximum Gasteiger partial charge on any atom is 0.262 e. The Morgan fingerprint density at radius 3 is 2.75 bits per heavy atom. The topological polar surface area (TPSA) is 83.9 Å². The third-order valence-corrected chi connectivity index (χ3v) is 6.12. The fraction of sp³-hybridized carbons (Fsp3) is 0.400. The van der Waals surface area contributed by atoms with Gasteiger partial charge in [-0.05, 0) is 25.0 Å². The number of nitrogens with one attached hydrogen (secondary N) is 1. The minimum absolute atomic E-state index is 0.0659. The maximum absolute atomic E-state index is 12.6. The predicted molar refractivity (Wildman–Crippen MR) is 110 cm³/mol. The summed E-state index contributed by atoms with van der Waals surface area (Å²) < 4.78 is 1.64. The van der Waals surface area contributed by atoms with Crippen molar-refractivity contribution in [2.45, 2.75) is 43.3 Å². The van der Waals surface area contributed by atoms with Crippen molar-refractivity contribution >= 4 is 28.7 Å². The number of hydrogen-bond acceptors (Lipinski definition) is 5. The molecule has 7 nitrogen and oxygen atoms in total. The van der Waals surface area contributed by atoms with Crippen molar-refractivity contribution in [2.75, 3.05) is 12.8 Å². The lowest BCUT2D eigenvalue weighted by Gasteiger charge is -2.31. The molecule has 0 radical (unpaired) electrons. The lowest BCUT2D eigenvalue weighted by atomic mass is 9.94. The standard InChI is InChI=1S/C20H23N5O2S/c1-24(14-8-4-2-5-9-14)17(26)13-28-20-22-18-16(19(27)23-20)12-21-25(18)15-10-6-3-7-11-15/h3,6-7,10-12,14H,2,4-5,8-9,13H2,1H3,(H,22,23,27). The zero-order chi connectivity index (χ0) is 19.5. The molecule has 3 aromatic rings. The summed E-state index contributed by atoms with van der Waals surface area (Å²) in [4.78, 5) is 34.2. The summed E-state index contributed by atoms with van der Waals surface area (Å²) in [6.07, 6.45) is 7.29. The van der Waals surface area contributed by atoms with E-state index in [-0.39, 0.29) is 17.2 Å². The lowest BCUT2D eigenvalue weighted by Crippen LogP contribution is -2.39. The van der Waals surface area contributed by atoms with Gasteiger partial charge in [0.2, 0.25) is 5.91 Å². The molecule has 1 aliphatic carbocycles. The van der Waals surface area contributed by atoms with Crippen LogP contribution in [0, 0.1) is 0 Å². The molecule has 2 heterocycles. The van der Waals surface area contributed by atoms with E-state index in [0.29, 0.717) is 22.2 Å². The normalized spacial score (nSPS) is 15.0. The third kappa shape index (κ3) is 3.82. The molecule has 0 unspecified atom stereocenters. The Balaban J connectivity index is 1.53. The first-order valence-electron chi connectivity index (χ1n) is 9.55. The van der Waals surface area contributed by atoms with Gasteiger partial charge in [0.25, 0.3) is 5.56 Å². The van der Waals surface area contributed by atoms with Crippen LogP contribution in [-0.4, -0.2) is 49.4 Å². The van der Waals surface area contributed by atoms with Gasteiger partial charge in [-0.2, -0.15) is 5.10 Å². The van der Waals surface area contributed by atoms with E-state index in [9.17, 15) is 9.59 Å². The van der Waals surface area contributed by atoms with Crippen molar-refractivity contribution in [3.8, 4) is 5.69 Å². The number of nitrogens with zero attached hydrogens (tertiary/aromatic N) is 4. The second-order valence-corrected chi connectivity index (χ2v) is 8.05. The Morgan fingerprint density at radius 1 is 1.25 bits per heavy atom. The summed E-state index contributed by atoms with van der Waals surface area (Å²) in [7, 11) is 1.88. The molecular weight excluding hydrogens is 374 g/mol. The van der Waals surface area contributed by atoms with Gasteiger partial charge in [0.15, 0.2) is 10.8 Å². The van der Waals surface area contributed by atoms with Crippen LogP contribution in [0.3, 0.4) is 0 Å². The Kier molecular flexibility index (Phi) is 5.47. The number of aromatic nitrogens is 4. The van der Waals surface area contributed by atoms with Crippen LogP contribution in [0.4, 0.5) is 0 Å². The summed E-state index contributed by atoms with van der Waals surface area (Å²) in [6, 6.07) is 9.88. The van der Waals surface area contributed by atoms with E-state index < -0.39 is 0 Å². The van der Waals surface area contributed by atoms with E-state index in [4.69, 9.17) is 0 Å². The summed E-state index contributed by atoms with van der Waals surface area (Å²) in [5.41, 5.74) is 1.08. The number of amides is 1. The van der Waals surface area contributed by atoms with Crippen molar-refractivity contribution in [3.63, 3.8) is 0 Å². The minimum Gasteiger partial charge on any atom is -0.342 e. The number of aromatic amines is 1. The van der Waals surface area contributed by atoms with Gasteiger partial charge in [-0.3, -0.25) is 9.59 Å². The molecular formula is C20H23N5O2S. The first-order chi connectivity index (χ1) is 13.6. The van der Waals surface area contributed by atoms with Crippen LogP contribution in [0.2, 0.25) is 0 Å². The number of carbonyl (C=O) groups is 1. The van der Waals surface area contributed by atoms with Gasteiger partial charge < -0.3 is 9.88 Å². The van der Waals surface area contributed by atoms with Gasteiger partial charge in [-0.15, -0.1) is 0 Å². The highest BCUT2D eigenvalue weighted by atomic mass is 32.2. The quantitative estimate of drug-likeness (QED) is 0.529. The van der Waals surface area contributed by atoms with Crippen LogP contribution in [0.1, 0.15) is 32.1 Å². The van der Waals surface area contributed by atoms with Crippen LogP contribution in [0.25, 0.3) is 16.7 Å². The van der Waals surface area contributed by atoms with Gasteiger partial charge >= 0.3 is 0 Å². The van der Waals surface area contributed by atoms with Gasteiger partial charge in [-0.1, -0.05) is 49.2 Å². The molecule has 8 heteroatoms. The first-order valence-corrected chi connectivity index (χ1v) is 10.5. The van der Waals surface area contributed by atoms with Crippen molar-refractivity contribution in [2.24, 2.45) is 0 Å². The number of benzene rings is 1. The Hall–Kier alpha value is -2.61. The van der Waals surface area contributed by atoms with Crippen molar-refractivity contribution in [1.82, 2.24) is 24.6 Å². The zero-order valence-corrected chi connectivity index (χ0v) is 16.6. The average Bonchev–Trinajstić information content (AvgIpc) is 3.17. The van der Waals surface area contributed by atoms with Crippen molar-refractivity contribution in [1.29, 1.82) is 0 Å². The van der Waals surface area contributed by atoms with E-state index in [2.05, 4.69) is 15.1 Å². The van der Waals surface area contributed by atoms with Crippen LogP contribution in [0.15, 0.2) is 46.5 Å². The van der Waals surface area contributed by atoms with E-state index in [1.807, 2.05) is 42.3 Å². The number of H-pyrrole nitrogens is 1. The number of fused-ring (bicyclic) bond motifs is 1. The average molecular weight is 398 g/mol. The predicted octanol–water partition coefficient (Wildman–Crippen LogP) is 2.99. The van der Waals surface area contributed by atoms with Gasteiger partial charge in [0.05, 0.1) is 17.6 Å². The zero-order valence-electron chi connectivity index (χ0n) is 15.8. The van der Waals surface area contributed by atoms with Crippen LogP contribution in [0.5, 0.6) is 0 Å². The number of carbonyl (C=O) groups excluding carboxylic acids is 1. The lowest BCUT2D eigenvalue weighted by molar-refractivity contribution is -0.129. The minimum atomic E-state index is -0.247. The molecule has 1 amide bonds. The van der Waals surface area contributed by atoms with E-state index in [0.717, 1.165) is 18.5 Å². The molecule has 1 fully saturated rings. The van der Waals surface area contributed by atoms with Crippen LogP contribution >= 0.6 is 11.8 Å². The third-order valence-electron chi connectivity index (χ3n) is 5.27. The van der Waals surface area contributed by atoms with E-state index in [1.165, 1.54) is 37.2 Å². The SMILES string of the molecule is CN(C(=O)CSc1nc2c(cnn2-c2ccccc2)c(=O)[nH]1)C1CCCCC1. The highest BCUT2D eigenvalue weighted by Gasteiger charge is 2.22. The molecule has 0 bridgehead atoms.